The van der Waals surface area contributed by atoms with Gasteiger partial charge in [0.1, 0.15) is 5.75 Å². The molecule has 1 aliphatic carbocycles. The zero-order valence-corrected chi connectivity index (χ0v) is 12.9. The highest BCUT2D eigenvalue weighted by atomic mass is 79.9. The second kappa shape index (κ2) is 5.22. The van der Waals surface area contributed by atoms with E-state index in [1.807, 2.05) is 0 Å². The molecule has 0 radical (unpaired) electrons. The Kier molecular flexibility index (Phi) is 4.02. The number of hydrogen-bond donors (Lipinski definition) is 1. The molecule has 100 valence electrons. The SMILES string of the molecule is COc1c(Br)cc2c(c1C(C)(C)CO)CCCC2. The van der Waals surface area contributed by atoms with Crippen molar-refractivity contribution in [1.82, 2.24) is 0 Å². The first-order valence-electron chi connectivity index (χ1n) is 6.51. The Morgan fingerprint density at radius 2 is 2.00 bits per heavy atom. The first-order chi connectivity index (χ1) is 8.51. The summed E-state index contributed by atoms with van der Waals surface area (Å²) in [6.07, 6.45) is 4.71. The Bertz CT molecular complexity index is 452. The second-order valence-corrected chi connectivity index (χ2v) is 6.51. The minimum absolute atomic E-state index is 0.131. The monoisotopic (exact) mass is 312 g/mol. The average Bonchev–Trinajstić information content (AvgIpc) is 2.37. The van der Waals surface area contributed by atoms with Gasteiger partial charge in [-0.2, -0.15) is 0 Å². The lowest BCUT2D eigenvalue weighted by Gasteiger charge is -2.31. The Hall–Kier alpha value is -0.540. The maximum Gasteiger partial charge on any atom is 0.137 e. The molecule has 3 heteroatoms. The third-order valence-corrected chi connectivity index (χ3v) is 4.42. The maximum atomic E-state index is 9.69. The number of aliphatic hydroxyl groups is 1. The molecule has 0 amide bonds. The van der Waals surface area contributed by atoms with Crippen LogP contribution in [0.15, 0.2) is 10.5 Å². The number of methoxy groups -OCH3 is 1. The van der Waals surface area contributed by atoms with E-state index in [1.54, 1.807) is 7.11 Å². The van der Waals surface area contributed by atoms with E-state index in [9.17, 15) is 5.11 Å². The molecule has 1 aliphatic rings. The first kappa shape index (κ1) is 13.9. The Balaban J connectivity index is 2.69. The van der Waals surface area contributed by atoms with Gasteiger partial charge >= 0.3 is 0 Å². The molecule has 0 aliphatic heterocycles. The number of aryl methyl sites for hydroxylation is 1. The van der Waals surface area contributed by atoms with Crippen LogP contribution in [0.25, 0.3) is 0 Å². The zero-order valence-electron chi connectivity index (χ0n) is 11.3. The highest BCUT2D eigenvalue weighted by molar-refractivity contribution is 9.10. The fourth-order valence-electron chi connectivity index (χ4n) is 2.84. The van der Waals surface area contributed by atoms with Crippen LogP contribution in [0.2, 0.25) is 0 Å². The Labute approximate surface area is 117 Å². The summed E-state index contributed by atoms with van der Waals surface area (Å²) in [6, 6.07) is 2.18. The minimum atomic E-state index is -0.267. The van der Waals surface area contributed by atoms with E-state index in [-0.39, 0.29) is 12.0 Å². The molecule has 2 rings (SSSR count). The van der Waals surface area contributed by atoms with Crippen LogP contribution in [0.5, 0.6) is 5.75 Å². The highest BCUT2D eigenvalue weighted by Crippen LogP contribution is 2.43. The van der Waals surface area contributed by atoms with Crippen LogP contribution in [-0.4, -0.2) is 18.8 Å². The van der Waals surface area contributed by atoms with Gasteiger partial charge in [0.15, 0.2) is 0 Å². The van der Waals surface area contributed by atoms with E-state index in [4.69, 9.17) is 4.74 Å². The summed E-state index contributed by atoms with van der Waals surface area (Å²) < 4.78 is 6.57. The van der Waals surface area contributed by atoms with E-state index >= 15 is 0 Å². The molecule has 0 saturated heterocycles. The molecule has 0 aromatic heterocycles. The zero-order chi connectivity index (χ0) is 13.3. The third kappa shape index (κ3) is 2.30. The van der Waals surface area contributed by atoms with Gasteiger partial charge in [-0.1, -0.05) is 13.8 Å². The fourth-order valence-corrected chi connectivity index (χ4v) is 3.48. The van der Waals surface area contributed by atoms with E-state index in [0.717, 1.165) is 23.1 Å². The summed E-state index contributed by atoms with van der Waals surface area (Å²) in [5, 5.41) is 9.69. The van der Waals surface area contributed by atoms with Crippen LogP contribution < -0.4 is 4.74 Å². The van der Waals surface area contributed by atoms with Crippen molar-refractivity contribution in [2.45, 2.75) is 44.9 Å². The van der Waals surface area contributed by atoms with Gasteiger partial charge in [-0.05, 0) is 58.8 Å². The van der Waals surface area contributed by atoms with E-state index in [2.05, 4.69) is 35.8 Å². The number of fused-ring (bicyclic) bond motifs is 1. The minimum Gasteiger partial charge on any atom is -0.495 e. The van der Waals surface area contributed by atoms with Gasteiger partial charge in [0, 0.05) is 11.0 Å². The normalized spacial score (nSPS) is 15.4. The van der Waals surface area contributed by atoms with Crippen molar-refractivity contribution < 1.29 is 9.84 Å². The van der Waals surface area contributed by atoms with Crippen LogP contribution >= 0.6 is 15.9 Å². The topological polar surface area (TPSA) is 29.5 Å². The molecule has 0 heterocycles. The summed E-state index contributed by atoms with van der Waals surface area (Å²) in [5.41, 5.74) is 3.71. The average molecular weight is 313 g/mol. The Morgan fingerprint density at radius 3 is 2.61 bits per heavy atom. The lowest BCUT2D eigenvalue weighted by atomic mass is 9.76. The van der Waals surface area contributed by atoms with Crippen LogP contribution in [0.3, 0.4) is 0 Å². The number of rotatable bonds is 3. The van der Waals surface area contributed by atoms with Crippen LogP contribution in [0.1, 0.15) is 43.4 Å². The predicted molar refractivity (Wildman–Crippen MR) is 77.4 cm³/mol. The number of benzene rings is 1. The first-order valence-corrected chi connectivity index (χ1v) is 7.30. The van der Waals surface area contributed by atoms with Crippen molar-refractivity contribution in [2.75, 3.05) is 13.7 Å². The van der Waals surface area contributed by atoms with Gasteiger partial charge in [0.05, 0.1) is 18.2 Å². The second-order valence-electron chi connectivity index (χ2n) is 5.65. The molecule has 18 heavy (non-hydrogen) atoms. The summed E-state index contributed by atoms with van der Waals surface area (Å²) in [4.78, 5) is 0. The van der Waals surface area contributed by atoms with Crippen molar-refractivity contribution in [3.8, 4) is 5.75 Å². The van der Waals surface area contributed by atoms with Gasteiger partial charge in [0.2, 0.25) is 0 Å². The van der Waals surface area contributed by atoms with Crippen molar-refractivity contribution in [2.24, 2.45) is 0 Å². The molecule has 0 fully saturated rings. The molecule has 0 bridgehead atoms. The number of ether oxygens (including phenoxy) is 1. The number of halogens is 1. The van der Waals surface area contributed by atoms with Gasteiger partial charge in [-0.25, -0.2) is 0 Å². The molecule has 1 N–H and O–H groups in total. The van der Waals surface area contributed by atoms with Crippen molar-refractivity contribution in [1.29, 1.82) is 0 Å². The van der Waals surface area contributed by atoms with E-state index in [1.165, 1.54) is 29.5 Å². The quantitative estimate of drug-likeness (QED) is 0.924. The number of aliphatic hydroxyl groups excluding tert-OH is 1. The molecular weight excluding hydrogens is 292 g/mol. The molecule has 0 saturated carbocycles. The lowest BCUT2D eigenvalue weighted by molar-refractivity contribution is 0.213. The maximum absolute atomic E-state index is 9.69. The standard InChI is InChI=1S/C15H21BrO2/c1-15(2,9-17)13-11-7-5-4-6-10(11)8-12(16)14(13)18-3/h8,17H,4-7,9H2,1-3H3. The summed E-state index contributed by atoms with van der Waals surface area (Å²) in [6.45, 7) is 4.28. The molecule has 1 aromatic carbocycles. The van der Waals surface area contributed by atoms with Gasteiger partial charge < -0.3 is 9.84 Å². The van der Waals surface area contributed by atoms with E-state index in [0.29, 0.717) is 0 Å². The molecule has 0 atom stereocenters. The van der Waals surface area contributed by atoms with Gasteiger partial charge in [-0.15, -0.1) is 0 Å². The molecular formula is C15H21BrO2. The van der Waals surface area contributed by atoms with Crippen molar-refractivity contribution >= 4 is 15.9 Å². The van der Waals surface area contributed by atoms with Gasteiger partial charge in [0.25, 0.3) is 0 Å². The predicted octanol–water partition coefficient (Wildman–Crippen LogP) is 3.61. The van der Waals surface area contributed by atoms with Crippen LogP contribution in [0, 0.1) is 0 Å². The van der Waals surface area contributed by atoms with Crippen molar-refractivity contribution in [3.63, 3.8) is 0 Å². The summed E-state index contributed by atoms with van der Waals surface area (Å²) in [5.74, 6) is 0.884. The number of hydrogen-bond acceptors (Lipinski definition) is 2. The molecule has 2 nitrogen and oxygen atoms in total. The fraction of sp³-hybridized carbons (Fsp3) is 0.600. The smallest absolute Gasteiger partial charge is 0.137 e. The Morgan fingerprint density at radius 1 is 1.33 bits per heavy atom. The van der Waals surface area contributed by atoms with Crippen molar-refractivity contribution in [3.05, 3.63) is 27.2 Å². The van der Waals surface area contributed by atoms with Crippen LogP contribution in [-0.2, 0) is 18.3 Å². The summed E-state index contributed by atoms with van der Waals surface area (Å²) in [7, 11) is 1.70. The highest BCUT2D eigenvalue weighted by Gasteiger charge is 2.30. The van der Waals surface area contributed by atoms with Gasteiger partial charge in [-0.3, -0.25) is 0 Å². The largest absolute Gasteiger partial charge is 0.495 e. The lowest BCUT2D eigenvalue weighted by Crippen LogP contribution is -2.26. The summed E-state index contributed by atoms with van der Waals surface area (Å²) >= 11 is 3.60. The molecule has 0 unspecified atom stereocenters. The van der Waals surface area contributed by atoms with E-state index < -0.39 is 0 Å². The van der Waals surface area contributed by atoms with Crippen LogP contribution in [0.4, 0.5) is 0 Å². The molecule has 1 aromatic rings. The molecule has 0 spiro atoms. The third-order valence-electron chi connectivity index (χ3n) is 3.83.